The van der Waals surface area contributed by atoms with E-state index in [0.29, 0.717) is 5.75 Å². The Morgan fingerprint density at radius 1 is 1.47 bits per heavy atom. The number of carboxylic acid groups (broad SMARTS) is 1. The molecule has 1 aromatic rings. The summed E-state index contributed by atoms with van der Waals surface area (Å²) < 4.78 is 5.69. The summed E-state index contributed by atoms with van der Waals surface area (Å²) in [5, 5.41) is 8.69. The lowest BCUT2D eigenvalue weighted by Gasteiger charge is -2.22. The van der Waals surface area contributed by atoms with Gasteiger partial charge in [0.2, 0.25) is 0 Å². The molecule has 1 rings (SSSR count). The van der Waals surface area contributed by atoms with Crippen LogP contribution in [0, 0.1) is 0 Å². The largest absolute Gasteiger partial charge is 0.488 e. The van der Waals surface area contributed by atoms with E-state index < -0.39 is 12.0 Å². The van der Waals surface area contributed by atoms with Crippen LogP contribution in [0.25, 0.3) is 0 Å². The summed E-state index contributed by atoms with van der Waals surface area (Å²) in [5.74, 6) is -0.199. The Kier molecular flexibility index (Phi) is 4.12. The molecule has 0 aromatic heterocycles. The average Bonchev–Trinajstić information content (AvgIpc) is 2.14. The maximum absolute atomic E-state index is 10.6. The summed E-state index contributed by atoms with van der Waals surface area (Å²) in [6.07, 6.45) is -0.0844. The number of hydrogen-bond donors (Lipinski definition) is 2. The Bertz CT molecular complexity index is 396. The van der Waals surface area contributed by atoms with Gasteiger partial charge in [-0.1, -0.05) is 12.1 Å². The molecule has 0 saturated carbocycles. The Labute approximate surface area is 101 Å². The molecule has 1 atom stereocenters. The molecule has 0 amide bonds. The molecular formula is C13H19NO3. The van der Waals surface area contributed by atoms with Crippen molar-refractivity contribution in [1.29, 1.82) is 0 Å². The second kappa shape index (κ2) is 5.19. The number of carbonyl (C=O) groups is 1. The third kappa shape index (κ3) is 4.87. The molecule has 0 fully saturated rings. The van der Waals surface area contributed by atoms with Gasteiger partial charge in [-0.2, -0.15) is 0 Å². The Morgan fingerprint density at radius 2 is 2.12 bits per heavy atom. The first kappa shape index (κ1) is 13.5. The molecule has 0 aliphatic rings. The molecule has 1 aromatic carbocycles. The monoisotopic (exact) mass is 237 g/mol. The lowest BCUT2D eigenvalue weighted by atomic mass is 10.0. The van der Waals surface area contributed by atoms with Crippen molar-refractivity contribution in [2.75, 3.05) is 0 Å². The van der Waals surface area contributed by atoms with Gasteiger partial charge in [0.25, 0.3) is 0 Å². The van der Waals surface area contributed by atoms with Crippen molar-refractivity contribution in [3.05, 3.63) is 29.8 Å². The van der Waals surface area contributed by atoms with Crippen LogP contribution in [0.5, 0.6) is 5.75 Å². The number of aliphatic carboxylic acids is 1. The molecule has 94 valence electrons. The second-order valence-corrected chi connectivity index (χ2v) is 4.99. The smallest absolute Gasteiger partial charge is 0.305 e. The third-order valence-corrected chi connectivity index (χ3v) is 2.10. The van der Waals surface area contributed by atoms with E-state index in [-0.39, 0.29) is 12.0 Å². The van der Waals surface area contributed by atoms with Crippen molar-refractivity contribution in [2.24, 2.45) is 5.73 Å². The fourth-order valence-corrected chi connectivity index (χ4v) is 1.47. The maximum Gasteiger partial charge on any atom is 0.305 e. The van der Waals surface area contributed by atoms with Crippen molar-refractivity contribution in [3.63, 3.8) is 0 Å². The van der Waals surface area contributed by atoms with E-state index in [1.165, 1.54) is 0 Å². The standard InChI is InChI=1S/C13H19NO3/c1-13(2,3)17-10-6-4-5-9(7-10)11(14)8-12(15)16/h4-7,11H,8,14H2,1-3H3,(H,15,16)/t11-/m1/s1. The van der Waals surface area contributed by atoms with E-state index in [9.17, 15) is 4.79 Å². The van der Waals surface area contributed by atoms with Gasteiger partial charge in [-0.25, -0.2) is 0 Å². The lowest BCUT2D eigenvalue weighted by Crippen LogP contribution is -2.23. The van der Waals surface area contributed by atoms with Gasteiger partial charge in [0, 0.05) is 6.04 Å². The number of hydrogen-bond acceptors (Lipinski definition) is 3. The maximum atomic E-state index is 10.6. The minimum Gasteiger partial charge on any atom is -0.488 e. The van der Waals surface area contributed by atoms with Gasteiger partial charge < -0.3 is 15.6 Å². The average molecular weight is 237 g/mol. The second-order valence-electron chi connectivity index (χ2n) is 4.99. The van der Waals surface area contributed by atoms with Crippen LogP contribution in [0.1, 0.15) is 38.8 Å². The van der Waals surface area contributed by atoms with Crippen LogP contribution in [0.4, 0.5) is 0 Å². The summed E-state index contributed by atoms with van der Waals surface area (Å²) in [6.45, 7) is 5.87. The predicted molar refractivity (Wildman–Crippen MR) is 66.0 cm³/mol. The molecular weight excluding hydrogens is 218 g/mol. The molecule has 0 heterocycles. The van der Waals surface area contributed by atoms with E-state index >= 15 is 0 Å². The minimum atomic E-state index is -0.903. The van der Waals surface area contributed by atoms with Crippen molar-refractivity contribution < 1.29 is 14.6 Å². The molecule has 17 heavy (non-hydrogen) atoms. The molecule has 0 aliphatic carbocycles. The van der Waals surface area contributed by atoms with E-state index in [0.717, 1.165) is 5.56 Å². The van der Waals surface area contributed by atoms with Gasteiger partial charge in [-0.05, 0) is 38.5 Å². The lowest BCUT2D eigenvalue weighted by molar-refractivity contribution is -0.137. The van der Waals surface area contributed by atoms with E-state index in [2.05, 4.69) is 0 Å². The van der Waals surface area contributed by atoms with E-state index in [1.807, 2.05) is 39.0 Å². The molecule has 0 spiro atoms. The first-order chi connectivity index (χ1) is 7.78. The van der Waals surface area contributed by atoms with Crippen LogP contribution in [0.15, 0.2) is 24.3 Å². The van der Waals surface area contributed by atoms with Crippen molar-refractivity contribution in [3.8, 4) is 5.75 Å². The van der Waals surface area contributed by atoms with Gasteiger partial charge in [0.15, 0.2) is 0 Å². The van der Waals surface area contributed by atoms with Crippen molar-refractivity contribution in [1.82, 2.24) is 0 Å². The Hall–Kier alpha value is -1.55. The first-order valence-corrected chi connectivity index (χ1v) is 5.54. The SMILES string of the molecule is CC(C)(C)Oc1cccc([C@H](N)CC(=O)O)c1. The molecule has 0 unspecified atom stereocenters. The number of benzene rings is 1. The zero-order valence-corrected chi connectivity index (χ0v) is 10.4. The predicted octanol–water partition coefficient (Wildman–Crippen LogP) is 2.34. The van der Waals surface area contributed by atoms with E-state index in [4.69, 9.17) is 15.6 Å². The Morgan fingerprint density at radius 3 is 2.65 bits per heavy atom. The van der Waals surface area contributed by atoms with Crippen LogP contribution in [-0.4, -0.2) is 16.7 Å². The number of ether oxygens (including phenoxy) is 1. The molecule has 0 saturated heterocycles. The Balaban J connectivity index is 2.82. The minimum absolute atomic E-state index is 0.0844. The molecule has 4 heteroatoms. The van der Waals surface area contributed by atoms with Gasteiger partial charge in [0.1, 0.15) is 11.4 Å². The van der Waals surface area contributed by atoms with Gasteiger partial charge in [0.05, 0.1) is 6.42 Å². The summed E-state index contributed by atoms with van der Waals surface area (Å²) in [6, 6.07) is 6.75. The highest BCUT2D eigenvalue weighted by Crippen LogP contribution is 2.23. The zero-order chi connectivity index (χ0) is 13.1. The molecule has 3 N–H and O–H groups in total. The number of carboxylic acids is 1. The summed E-state index contributed by atoms with van der Waals surface area (Å²) >= 11 is 0. The van der Waals surface area contributed by atoms with Crippen molar-refractivity contribution in [2.45, 2.75) is 38.8 Å². The normalized spacial score (nSPS) is 13.2. The van der Waals surface area contributed by atoms with Gasteiger partial charge in [-0.3, -0.25) is 4.79 Å². The topological polar surface area (TPSA) is 72.5 Å². The van der Waals surface area contributed by atoms with Gasteiger partial charge >= 0.3 is 5.97 Å². The first-order valence-electron chi connectivity index (χ1n) is 5.54. The number of nitrogens with two attached hydrogens (primary N) is 1. The molecule has 0 bridgehead atoms. The summed E-state index contributed by atoms with van der Waals surface area (Å²) in [7, 11) is 0. The van der Waals surface area contributed by atoms with Crippen molar-refractivity contribution >= 4 is 5.97 Å². The zero-order valence-electron chi connectivity index (χ0n) is 10.4. The van der Waals surface area contributed by atoms with E-state index in [1.54, 1.807) is 6.07 Å². The quantitative estimate of drug-likeness (QED) is 0.843. The molecule has 0 radical (unpaired) electrons. The highest BCUT2D eigenvalue weighted by atomic mass is 16.5. The van der Waals surface area contributed by atoms with Gasteiger partial charge in [-0.15, -0.1) is 0 Å². The highest BCUT2D eigenvalue weighted by molar-refractivity contribution is 5.67. The number of rotatable bonds is 4. The highest BCUT2D eigenvalue weighted by Gasteiger charge is 2.14. The summed E-state index contributed by atoms with van der Waals surface area (Å²) in [4.78, 5) is 10.6. The van der Waals surface area contributed by atoms with Crippen LogP contribution < -0.4 is 10.5 Å². The fourth-order valence-electron chi connectivity index (χ4n) is 1.47. The van der Waals surface area contributed by atoms with Crippen LogP contribution in [0.3, 0.4) is 0 Å². The summed E-state index contributed by atoms with van der Waals surface area (Å²) in [5.41, 5.74) is 6.28. The third-order valence-electron chi connectivity index (χ3n) is 2.10. The van der Waals surface area contributed by atoms with Crippen LogP contribution in [0.2, 0.25) is 0 Å². The van der Waals surface area contributed by atoms with Crippen LogP contribution in [-0.2, 0) is 4.79 Å². The fraction of sp³-hybridized carbons (Fsp3) is 0.462. The molecule has 4 nitrogen and oxygen atoms in total. The van der Waals surface area contributed by atoms with Crippen LogP contribution >= 0.6 is 0 Å². The molecule has 0 aliphatic heterocycles.